The van der Waals surface area contributed by atoms with E-state index < -0.39 is 18.8 Å². The molecular formula is C22H18NO5P. The Balaban J connectivity index is 1.65. The Morgan fingerprint density at radius 3 is 2.00 bits per heavy atom. The van der Waals surface area contributed by atoms with E-state index in [-0.39, 0.29) is 6.79 Å². The first-order valence-electron chi connectivity index (χ1n) is 9.18. The molecule has 0 radical (unpaired) electrons. The minimum atomic E-state index is -3.37. The minimum absolute atomic E-state index is 0.114. The maximum atomic E-state index is 14.4. The third-order valence-electron chi connectivity index (χ3n) is 5.25. The molecule has 0 fully saturated rings. The Labute approximate surface area is 167 Å². The molecule has 146 valence electrons. The first-order chi connectivity index (χ1) is 14.0. The highest BCUT2D eigenvalue weighted by molar-refractivity contribution is 7.77. The number of ether oxygens (including phenoxy) is 3. The first kappa shape index (κ1) is 18.0. The molecule has 5 rings (SSSR count). The highest BCUT2D eigenvalue weighted by Crippen LogP contribution is 2.51. The van der Waals surface area contributed by atoms with Gasteiger partial charge in [0.25, 0.3) is 0 Å². The van der Waals surface area contributed by atoms with E-state index in [4.69, 9.17) is 14.2 Å². The van der Waals surface area contributed by atoms with E-state index in [1.54, 1.807) is 43.3 Å². The molecule has 0 amide bonds. The standard InChI is InChI=1S/C22H18NO5P/c1-22(17-12-19-20(27-14-26-19)13-18(17)28-21(22)24)23-29(25,15-8-4-2-5-9-15)16-10-6-3-7-11-16/h2-13H,14H2,1H3,(H,23,25)/t22-/m1/s1. The van der Waals surface area contributed by atoms with Gasteiger partial charge < -0.3 is 14.2 Å². The van der Waals surface area contributed by atoms with E-state index in [9.17, 15) is 9.36 Å². The van der Waals surface area contributed by atoms with Crippen LogP contribution in [-0.4, -0.2) is 12.8 Å². The van der Waals surface area contributed by atoms with E-state index in [1.807, 2.05) is 36.4 Å². The van der Waals surface area contributed by atoms with Gasteiger partial charge in [-0.25, -0.2) is 9.88 Å². The minimum Gasteiger partial charge on any atom is -0.454 e. The fourth-order valence-corrected chi connectivity index (χ4v) is 6.27. The monoisotopic (exact) mass is 407 g/mol. The average molecular weight is 407 g/mol. The average Bonchev–Trinajstić information content (AvgIpc) is 3.30. The lowest BCUT2D eigenvalue weighted by Crippen LogP contribution is -2.46. The van der Waals surface area contributed by atoms with E-state index in [1.165, 1.54) is 0 Å². The Bertz CT molecular complexity index is 1110. The van der Waals surface area contributed by atoms with Crippen LogP contribution in [-0.2, 0) is 14.9 Å². The second-order valence-corrected chi connectivity index (χ2v) is 9.58. The molecule has 2 aliphatic rings. The predicted molar refractivity (Wildman–Crippen MR) is 108 cm³/mol. The lowest BCUT2D eigenvalue weighted by atomic mass is 9.94. The van der Waals surface area contributed by atoms with Crippen molar-refractivity contribution in [2.75, 3.05) is 6.79 Å². The topological polar surface area (TPSA) is 73.9 Å². The van der Waals surface area contributed by atoms with Crippen molar-refractivity contribution < 1.29 is 23.6 Å². The van der Waals surface area contributed by atoms with Gasteiger partial charge in [-0.1, -0.05) is 36.4 Å². The van der Waals surface area contributed by atoms with E-state index >= 15 is 0 Å². The van der Waals surface area contributed by atoms with Crippen LogP contribution in [0.3, 0.4) is 0 Å². The summed E-state index contributed by atoms with van der Waals surface area (Å²) in [5.74, 6) is 0.907. The maximum absolute atomic E-state index is 14.4. The molecule has 0 saturated heterocycles. The third kappa shape index (κ3) is 2.76. The molecule has 0 bridgehead atoms. The highest BCUT2D eigenvalue weighted by atomic mass is 31.2. The number of carbonyl (C=O) groups excluding carboxylic acids is 1. The molecule has 1 atom stereocenters. The third-order valence-corrected chi connectivity index (χ3v) is 8.06. The second kappa shape index (κ2) is 6.48. The highest BCUT2D eigenvalue weighted by Gasteiger charge is 2.50. The van der Waals surface area contributed by atoms with Crippen LogP contribution < -0.4 is 29.9 Å². The van der Waals surface area contributed by atoms with Crippen LogP contribution in [0, 0.1) is 0 Å². The zero-order valence-corrected chi connectivity index (χ0v) is 16.5. The van der Waals surface area contributed by atoms with Crippen molar-refractivity contribution in [2.45, 2.75) is 12.5 Å². The van der Waals surface area contributed by atoms with Crippen LogP contribution >= 0.6 is 7.29 Å². The SMILES string of the molecule is C[C@]1(NP(=O)(c2ccccc2)c2ccccc2)C(=O)Oc2cc3c(cc21)OCO3. The molecule has 1 N–H and O–H groups in total. The number of rotatable bonds is 4. The zero-order valence-electron chi connectivity index (χ0n) is 15.6. The lowest BCUT2D eigenvalue weighted by molar-refractivity contribution is -0.138. The fraction of sp³-hybridized carbons (Fsp3) is 0.136. The molecular weight excluding hydrogens is 389 g/mol. The summed E-state index contributed by atoms with van der Waals surface area (Å²) >= 11 is 0. The van der Waals surface area contributed by atoms with Crippen molar-refractivity contribution in [3.63, 3.8) is 0 Å². The molecule has 0 spiro atoms. The summed E-state index contributed by atoms with van der Waals surface area (Å²) < 4.78 is 30.7. The van der Waals surface area contributed by atoms with Crippen molar-refractivity contribution in [3.05, 3.63) is 78.4 Å². The molecule has 6 nitrogen and oxygen atoms in total. The summed E-state index contributed by atoms with van der Waals surface area (Å²) in [6.07, 6.45) is 0. The van der Waals surface area contributed by atoms with Crippen molar-refractivity contribution in [2.24, 2.45) is 0 Å². The van der Waals surface area contributed by atoms with Gasteiger partial charge >= 0.3 is 5.97 Å². The van der Waals surface area contributed by atoms with Gasteiger partial charge in [-0.2, -0.15) is 0 Å². The molecule has 0 saturated carbocycles. The number of esters is 1. The molecule has 29 heavy (non-hydrogen) atoms. The molecule has 7 heteroatoms. The molecule has 0 aromatic heterocycles. The molecule has 2 heterocycles. The van der Waals surface area contributed by atoms with Gasteiger partial charge in [-0.05, 0) is 37.3 Å². The number of nitrogens with one attached hydrogen (secondary N) is 1. The Morgan fingerprint density at radius 1 is 0.862 bits per heavy atom. The maximum Gasteiger partial charge on any atom is 0.336 e. The number of carbonyl (C=O) groups is 1. The summed E-state index contributed by atoms with van der Waals surface area (Å²) in [4.78, 5) is 12.9. The summed E-state index contributed by atoms with van der Waals surface area (Å²) in [5.41, 5.74) is -0.754. The molecule has 3 aromatic carbocycles. The van der Waals surface area contributed by atoms with E-state index in [0.29, 0.717) is 33.4 Å². The van der Waals surface area contributed by atoms with E-state index in [0.717, 1.165) is 0 Å². The quantitative estimate of drug-likeness (QED) is 0.407. The van der Waals surface area contributed by atoms with Crippen molar-refractivity contribution in [1.82, 2.24) is 5.09 Å². The number of fused-ring (bicyclic) bond motifs is 2. The Hall–Kier alpha value is -3.08. The lowest BCUT2D eigenvalue weighted by Gasteiger charge is -2.30. The van der Waals surface area contributed by atoms with Crippen LogP contribution in [0.2, 0.25) is 0 Å². The molecule has 0 aliphatic carbocycles. The van der Waals surface area contributed by atoms with Gasteiger partial charge in [0.2, 0.25) is 14.1 Å². The number of benzene rings is 3. The zero-order chi connectivity index (χ0) is 20.1. The normalized spacial score (nSPS) is 19.7. The van der Waals surface area contributed by atoms with Crippen molar-refractivity contribution >= 4 is 23.9 Å². The second-order valence-electron chi connectivity index (χ2n) is 7.11. The smallest absolute Gasteiger partial charge is 0.336 e. The van der Waals surface area contributed by atoms with Gasteiger partial charge in [0.05, 0.1) is 0 Å². The number of hydrogen-bond acceptors (Lipinski definition) is 5. The van der Waals surface area contributed by atoms with Crippen LogP contribution in [0.1, 0.15) is 12.5 Å². The van der Waals surface area contributed by atoms with Crippen molar-refractivity contribution in [3.8, 4) is 17.2 Å². The number of hydrogen-bond donors (Lipinski definition) is 1. The van der Waals surface area contributed by atoms with Gasteiger partial charge in [0, 0.05) is 22.2 Å². The van der Waals surface area contributed by atoms with Crippen molar-refractivity contribution in [1.29, 1.82) is 0 Å². The predicted octanol–water partition coefficient (Wildman–Crippen LogP) is 3.07. The molecule has 2 aliphatic heterocycles. The first-order valence-corrected chi connectivity index (χ1v) is 10.9. The van der Waals surface area contributed by atoms with Gasteiger partial charge in [-0.3, -0.25) is 4.57 Å². The summed E-state index contributed by atoms with van der Waals surface area (Å²) in [6.45, 7) is 1.80. The molecule has 3 aromatic rings. The Morgan fingerprint density at radius 2 is 1.41 bits per heavy atom. The summed E-state index contributed by atoms with van der Waals surface area (Å²) in [5, 5.41) is 4.39. The van der Waals surface area contributed by atoms with E-state index in [2.05, 4.69) is 5.09 Å². The summed E-state index contributed by atoms with van der Waals surface area (Å²) in [6, 6.07) is 21.6. The van der Waals surface area contributed by atoms with Crippen LogP contribution in [0.4, 0.5) is 0 Å². The van der Waals surface area contributed by atoms with Gasteiger partial charge in [-0.15, -0.1) is 0 Å². The van der Waals surface area contributed by atoms with Gasteiger partial charge in [0.1, 0.15) is 11.3 Å². The fourth-order valence-electron chi connectivity index (χ4n) is 3.69. The largest absolute Gasteiger partial charge is 0.454 e. The Kier molecular flexibility index (Phi) is 4.02. The van der Waals surface area contributed by atoms with Gasteiger partial charge in [0.15, 0.2) is 11.5 Å². The summed E-state index contributed by atoms with van der Waals surface area (Å²) in [7, 11) is -3.37. The van der Waals surface area contributed by atoms with Crippen LogP contribution in [0.15, 0.2) is 72.8 Å². The molecule has 0 unspecified atom stereocenters. The van der Waals surface area contributed by atoms with Crippen LogP contribution in [0.5, 0.6) is 17.2 Å². The van der Waals surface area contributed by atoms with Crippen LogP contribution in [0.25, 0.3) is 0 Å².